The molecule has 2 atom stereocenters. The summed E-state index contributed by atoms with van der Waals surface area (Å²) in [6.07, 6.45) is 1.62. The monoisotopic (exact) mass is 275 g/mol. The summed E-state index contributed by atoms with van der Waals surface area (Å²) in [5, 5.41) is 5.80. The van der Waals surface area contributed by atoms with E-state index in [1.54, 1.807) is 0 Å². The van der Waals surface area contributed by atoms with E-state index in [9.17, 15) is 0 Å². The maximum absolute atomic E-state index is 6.41. The molecule has 1 aromatic heterocycles. The summed E-state index contributed by atoms with van der Waals surface area (Å²) in [6.45, 7) is 6.90. The SMILES string of the molecule is CCOC(C)(CC)C(N)Cc1nn(C)c2ccccc12. The van der Waals surface area contributed by atoms with Crippen LogP contribution in [0, 0.1) is 0 Å². The van der Waals surface area contributed by atoms with Gasteiger partial charge in [0.25, 0.3) is 0 Å². The molecular weight excluding hydrogens is 250 g/mol. The van der Waals surface area contributed by atoms with E-state index >= 15 is 0 Å². The number of nitrogens with zero attached hydrogens (tertiary/aromatic N) is 2. The van der Waals surface area contributed by atoms with Crippen molar-refractivity contribution in [3.05, 3.63) is 30.0 Å². The molecule has 2 aromatic rings. The summed E-state index contributed by atoms with van der Waals surface area (Å²) in [7, 11) is 1.97. The zero-order valence-corrected chi connectivity index (χ0v) is 12.9. The quantitative estimate of drug-likeness (QED) is 0.881. The van der Waals surface area contributed by atoms with Gasteiger partial charge in [-0.25, -0.2) is 0 Å². The number of rotatable bonds is 6. The van der Waals surface area contributed by atoms with E-state index < -0.39 is 0 Å². The molecule has 4 nitrogen and oxygen atoms in total. The molecule has 4 heteroatoms. The van der Waals surface area contributed by atoms with Gasteiger partial charge in [-0.15, -0.1) is 0 Å². The molecule has 110 valence electrons. The maximum Gasteiger partial charge on any atom is 0.0805 e. The fourth-order valence-corrected chi connectivity index (χ4v) is 2.66. The Kier molecular flexibility index (Phi) is 4.45. The van der Waals surface area contributed by atoms with Gasteiger partial charge in [0.15, 0.2) is 0 Å². The van der Waals surface area contributed by atoms with E-state index in [1.165, 1.54) is 5.39 Å². The molecule has 0 fully saturated rings. The summed E-state index contributed by atoms with van der Waals surface area (Å²) in [6, 6.07) is 8.20. The molecule has 0 spiro atoms. The van der Waals surface area contributed by atoms with Crippen molar-refractivity contribution < 1.29 is 4.74 Å². The van der Waals surface area contributed by atoms with Crippen LogP contribution < -0.4 is 5.73 Å². The topological polar surface area (TPSA) is 53.1 Å². The van der Waals surface area contributed by atoms with E-state index in [-0.39, 0.29) is 11.6 Å². The normalized spacial score (nSPS) is 16.2. The third-order valence-corrected chi connectivity index (χ3v) is 4.21. The lowest BCUT2D eigenvalue weighted by atomic mass is 9.90. The Balaban J connectivity index is 2.28. The predicted molar refractivity (Wildman–Crippen MR) is 82.7 cm³/mol. The highest BCUT2D eigenvalue weighted by molar-refractivity contribution is 5.81. The van der Waals surface area contributed by atoms with Gasteiger partial charge < -0.3 is 10.5 Å². The Bertz CT molecular complexity index is 578. The summed E-state index contributed by atoms with van der Waals surface area (Å²) in [5.41, 5.74) is 8.30. The molecule has 2 N–H and O–H groups in total. The average Bonchev–Trinajstić information content (AvgIpc) is 2.76. The van der Waals surface area contributed by atoms with E-state index in [0.29, 0.717) is 6.61 Å². The van der Waals surface area contributed by atoms with Crippen molar-refractivity contribution in [3.63, 3.8) is 0 Å². The van der Waals surface area contributed by atoms with E-state index in [1.807, 2.05) is 30.8 Å². The van der Waals surface area contributed by atoms with Gasteiger partial charge in [0.2, 0.25) is 0 Å². The van der Waals surface area contributed by atoms with Crippen LogP contribution in [0.15, 0.2) is 24.3 Å². The van der Waals surface area contributed by atoms with Crippen LogP contribution in [-0.2, 0) is 18.2 Å². The summed E-state index contributed by atoms with van der Waals surface area (Å²) in [5.74, 6) is 0. The van der Waals surface area contributed by atoms with Gasteiger partial charge in [-0.05, 0) is 26.3 Å². The minimum atomic E-state index is -0.298. The van der Waals surface area contributed by atoms with Crippen LogP contribution in [0.1, 0.15) is 32.9 Å². The maximum atomic E-state index is 6.41. The first-order valence-electron chi connectivity index (χ1n) is 7.32. The fraction of sp³-hybridized carbons (Fsp3) is 0.562. The van der Waals surface area contributed by atoms with Gasteiger partial charge in [-0.2, -0.15) is 5.10 Å². The molecule has 0 radical (unpaired) electrons. The molecule has 0 aliphatic heterocycles. The molecule has 20 heavy (non-hydrogen) atoms. The number of benzene rings is 1. The van der Waals surface area contributed by atoms with Crippen molar-refractivity contribution in [2.75, 3.05) is 6.61 Å². The van der Waals surface area contributed by atoms with E-state index in [2.05, 4.69) is 31.1 Å². The van der Waals surface area contributed by atoms with Crippen LogP contribution in [0.5, 0.6) is 0 Å². The van der Waals surface area contributed by atoms with Gasteiger partial charge in [-0.1, -0.05) is 25.1 Å². The molecule has 1 aromatic carbocycles. The predicted octanol–water partition coefficient (Wildman–Crippen LogP) is 2.65. The van der Waals surface area contributed by atoms with Crippen LogP contribution in [0.4, 0.5) is 0 Å². The van der Waals surface area contributed by atoms with Crippen molar-refractivity contribution in [1.29, 1.82) is 0 Å². The van der Waals surface area contributed by atoms with Crippen molar-refractivity contribution in [1.82, 2.24) is 9.78 Å². The van der Waals surface area contributed by atoms with Crippen LogP contribution in [0.3, 0.4) is 0 Å². The Hall–Kier alpha value is -1.39. The second-order valence-electron chi connectivity index (χ2n) is 5.50. The fourth-order valence-electron chi connectivity index (χ4n) is 2.66. The lowest BCUT2D eigenvalue weighted by molar-refractivity contribution is -0.0462. The Labute approximate surface area is 120 Å². The largest absolute Gasteiger partial charge is 0.374 e. The smallest absolute Gasteiger partial charge is 0.0805 e. The van der Waals surface area contributed by atoms with Gasteiger partial charge in [0.1, 0.15) is 0 Å². The zero-order chi connectivity index (χ0) is 14.8. The van der Waals surface area contributed by atoms with E-state index in [4.69, 9.17) is 10.5 Å². The Morgan fingerprint density at radius 2 is 2.05 bits per heavy atom. The summed E-state index contributed by atoms with van der Waals surface area (Å²) >= 11 is 0. The average molecular weight is 275 g/mol. The number of nitrogens with two attached hydrogens (primary N) is 1. The summed E-state index contributed by atoms with van der Waals surface area (Å²) in [4.78, 5) is 0. The molecule has 0 aliphatic rings. The number of hydrogen-bond acceptors (Lipinski definition) is 3. The number of aromatic nitrogens is 2. The van der Waals surface area contributed by atoms with Crippen LogP contribution in [0.25, 0.3) is 10.9 Å². The third kappa shape index (κ3) is 2.72. The Morgan fingerprint density at radius 3 is 2.70 bits per heavy atom. The molecule has 0 saturated carbocycles. The number of para-hydroxylation sites is 1. The van der Waals surface area contributed by atoms with Gasteiger partial charge in [0, 0.05) is 31.5 Å². The van der Waals surface area contributed by atoms with Crippen molar-refractivity contribution in [2.24, 2.45) is 12.8 Å². The van der Waals surface area contributed by atoms with Crippen molar-refractivity contribution in [2.45, 2.75) is 45.3 Å². The zero-order valence-electron chi connectivity index (χ0n) is 12.9. The van der Waals surface area contributed by atoms with Gasteiger partial charge >= 0.3 is 0 Å². The van der Waals surface area contributed by atoms with Gasteiger partial charge in [-0.3, -0.25) is 4.68 Å². The second kappa shape index (κ2) is 5.94. The molecule has 2 unspecified atom stereocenters. The van der Waals surface area contributed by atoms with E-state index in [0.717, 1.165) is 24.1 Å². The molecule has 0 amide bonds. The molecule has 2 rings (SSSR count). The number of fused-ring (bicyclic) bond motifs is 1. The van der Waals surface area contributed by atoms with Crippen molar-refractivity contribution in [3.8, 4) is 0 Å². The molecular formula is C16H25N3O. The van der Waals surface area contributed by atoms with Crippen LogP contribution >= 0.6 is 0 Å². The number of aryl methyl sites for hydroxylation is 1. The molecule has 0 saturated heterocycles. The third-order valence-electron chi connectivity index (χ3n) is 4.21. The first-order valence-corrected chi connectivity index (χ1v) is 7.32. The molecule has 0 bridgehead atoms. The second-order valence-corrected chi connectivity index (χ2v) is 5.50. The van der Waals surface area contributed by atoms with Crippen LogP contribution in [0.2, 0.25) is 0 Å². The van der Waals surface area contributed by atoms with Gasteiger partial charge in [0.05, 0.1) is 16.8 Å². The standard InChI is InChI=1S/C16H25N3O/c1-5-16(3,20-6-2)15(17)11-13-12-9-7-8-10-14(12)19(4)18-13/h7-10,15H,5-6,11,17H2,1-4H3. The highest BCUT2D eigenvalue weighted by Crippen LogP contribution is 2.24. The lowest BCUT2D eigenvalue weighted by Gasteiger charge is -2.34. The summed E-state index contributed by atoms with van der Waals surface area (Å²) < 4.78 is 7.79. The minimum Gasteiger partial charge on any atom is -0.374 e. The molecule has 1 heterocycles. The van der Waals surface area contributed by atoms with Crippen molar-refractivity contribution >= 4 is 10.9 Å². The molecule has 0 aliphatic carbocycles. The highest BCUT2D eigenvalue weighted by atomic mass is 16.5. The highest BCUT2D eigenvalue weighted by Gasteiger charge is 2.31. The Morgan fingerprint density at radius 1 is 1.35 bits per heavy atom. The lowest BCUT2D eigenvalue weighted by Crippen LogP contribution is -2.48. The van der Waals surface area contributed by atoms with Crippen LogP contribution in [-0.4, -0.2) is 28.0 Å². The number of ether oxygens (including phenoxy) is 1. The first kappa shape index (κ1) is 15.0. The minimum absolute atomic E-state index is 0.0641. The first-order chi connectivity index (χ1) is 9.51. The number of hydrogen-bond donors (Lipinski definition) is 1.